The first-order chi connectivity index (χ1) is 21.8. The van der Waals surface area contributed by atoms with Crippen molar-refractivity contribution in [2.24, 2.45) is 0 Å². The molecule has 0 N–H and O–H groups in total. The lowest BCUT2D eigenvalue weighted by Crippen LogP contribution is -2.05. The largest absolute Gasteiger partial charge is 0.278 e. The van der Waals surface area contributed by atoms with Gasteiger partial charge in [0.25, 0.3) is 0 Å². The Morgan fingerprint density at radius 2 is 1.07 bits per heavy atom. The lowest BCUT2D eigenvalue weighted by molar-refractivity contribution is 1.01. The van der Waals surface area contributed by atoms with Gasteiger partial charge in [0, 0.05) is 71.9 Å². The SMILES string of the molecule is c1ccc2c(c1)Sc1cccc3nc(-n4c5ccc6sc7ccccc7c6c5c5c6c(ccc54)sc4ccccc46)nc-2c13. The predicted octanol–water partition coefficient (Wildman–Crippen LogP) is 11.6. The van der Waals surface area contributed by atoms with Crippen LogP contribution in [0.5, 0.6) is 0 Å². The second-order valence-electron chi connectivity index (χ2n) is 11.3. The lowest BCUT2D eigenvalue weighted by atomic mass is 10.0. The Kier molecular flexibility index (Phi) is 4.55. The van der Waals surface area contributed by atoms with E-state index in [1.807, 2.05) is 22.7 Å². The van der Waals surface area contributed by atoms with Gasteiger partial charge in [-0.05, 0) is 54.6 Å². The van der Waals surface area contributed by atoms with Crippen molar-refractivity contribution in [2.75, 3.05) is 0 Å². The van der Waals surface area contributed by atoms with Crippen molar-refractivity contribution in [2.45, 2.75) is 9.79 Å². The highest BCUT2D eigenvalue weighted by Gasteiger charge is 2.26. The van der Waals surface area contributed by atoms with Crippen LogP contribution in [0.3, 0.4) is 0 Å². The summed E-state index contributed by atoms with van der Waals surface area (Å²) in [7, 11) is 0. The molecule has 0 aliphatic carbocycles. The summed E-state index contributed by atoms with van der Waals surface area (Å²) in [5.41, 5.74) is 5.43. The molecule has 0 amide bonds. The summed E-state index contributed by atoms with van der Waals surface area (Å²) in [5.74, 6) is 0.712. The lowest BCUT2D eigenvalue weighted by Gasteiger charge is -2.20. The average Bonchev–Trinajstić information content (AvgIpc) is 3.73. The maximum Gasteiger partial charge on any atom is 0.235 e. The minimum atomic E-state index is 0.712. The molecule has 0 spiro atoms. The molecule has 11 rings (SSSR count). The van der Waals surface area contributed by atoms with E-state index in [1.54, 1.807) is 11.8 Å². The number of benzene rings is 6. The van der Waals surface area contributed by atoms with E-state index in [0.29, 0.717) is 5.95 Å². The molecular formula is C38H19N3S3. The van der Waals surface area contributed by atoms with Crippen molar-refractivity contribution in [3.63, 3.8) is 0 Å². The van der Waals surface area contributed by atoms with Crippen molar-refractivity contribution in [3.05, 3.63) is 115 Å². The van der Waals surface area contributed by atoms with E-state index in [-0.39, 0.29) is 0 Å². The van der Waals surface area contributed by atoms with Crippen LogP contribution < -0.4 is 0 Å². The van der Waals surface area contributed by atoms with Gasteiger partial charge >= 0.3 is 0 Å². The number of hydrogen-bond donors (Lipinski definition) is 0. The van der Waals surface area contributed by atoms with Crippen LogP contribution in [0.2, 0.25) is 0 Å². The molecule has 0 radical (unpaired) electrons. The van der Waals surface area contributed by atoms with E-state index >= 15 is 0 Å². The molecule has 3 nitrogen and oxygen atoms in total. The summed E-state index contributed by atoms with van der Waals surface area (Å²) in [6.45, 7) is 0. The van der Waals surface area contributed by atoms with Gasteiger partial charge in [-0.3, -0.25) is 4.57 Å². The molecule has 1 aliphatic heterocycles. The number of thiophene rings is 2. The zero-order chi connectivity index (χ0) is 28.5. The van der Waals surface area contributed by atoms with Crippen LogP contribution in [0.4, 0.5) is 0 Å². The molecule has 6 aromatic carbocycles. The van der Waals surface area contributed by atoms with E-state index in [9.17, 15) is 0 Å². The van der Waals surface area contributed by atoms with Crippen molar-refractivity contribution in [3.8, 4) is 17.2 Å². The molecule has 4 aromatic heterocycles. The average molecular weight is 614 g/mol. The minimum absolute atomic E-state index is 0.712. The fraction of sp³-hybridized carbons (Fsp3) is 0. The molecular weight excluding hydrogens is 595 g/mol. The maximum atomic E-state index is 5.42. The normalized spacial score (nSPS) is 12.9. The van der Waals surface area contributed by atoms with Crippen molar-refractivity contribution < 1.29 is 0 Å². The molecule has 0 atom stereocenters. The molecule has 10 aromatic rings. The van der Waals surface area contributed by atoms with Crippen LogP contribution in [0.15, 0.2) is 125 Å². The third kappa shape index (κ3) is 2.98. The van der Waals surface area contributed by atoms with Crippen molar-refractivity contribution in [1.29, 1.82) is 0 Å². The predicted molar refractivity (Wildman–Crippen MR) is 189 cm³/mol. The summed E-state index contributed by atoms with van der Waals surface area (Å²) >= 11 is 5.55. The van der Waals surface area contributed by atoms with E-state index in [1.165, 1.54) is 66.5 Å². The Labute approximate surface area is 263 Å². The van der Waals surface area contributed by atoms with Crippen molar-refractivity contribution in [1.82, 2.24) is 14.5 Å². The molecule has 0 bridgehead atoms. The van der Waals surface area contributed by atoms with Gasteiger partial charge in [-0.2, -0.15) is 0 Å². The first-order valence-corrected chi connectivity index (χ1v) is 17.0. The standard InChI is InChI=1S/C38H19N3S3/c1-4-12-26-20(8-1)32-30(42-26)18-16-24-35(32)36-25(17-19-31-33(36)21-9-2-5-13-27(21)43-31)41(24)38-39-23-11-7-15-29-34(23)37(40-38)22-10-3-6-14-28(22)44-29/h1-19H. The van der Waals surface area contributed by atoms with E-state index in [0.717, 1.165) is 27.6 Å². The first kappa shape index (κ1) is 23.7. The summed E-state index contributed by atoms with van der Waals surface area (Å²) in [6.07, 6.45) is 0. The smallest absolute Gasteiger partial charge is 0.235 e. The molecule has 1 aliphatic rings. The topological polar surface area (TPSA) is 30.7 Å². The molecule has 0 saturated carbocycles. The van der Waals surface area contributed by atoms with E-state index < -0.39 is 0 Å². The number of nitrogens with zero attached hydrogens (tertiary/aromatic N) is 3. The van der Waals surface area contributed by atoms with Crippen LogP contribution >= 0.6 is 34.4 Å². The third-order valence-corrected chi connectivity index (χ3v) is 12.4. The third-order valence-electron chi connectivity index (χ3n) is 9.01. The highest BCUT2D eigenvalue weighted by molar-refractivity contribution is 7.99. The van der Waals surface area contributed by atoms with E-state index in [4.69, 9.17) is 9.97 Å². The molecule has 0 unspecified atom stereocenters. The van der Waals surface area contributed by atoms with Gasteiger partial charge in [0.05, 0.1) is 22.2 Å². The van der Waals surface area contributed by atoms with Gasteiger partial charge in [0.15, 0.2) is 0 Å². The Bertz CT molecular complexity index is 2750. The molecule has 204 valence electrons. The van der Waals surface area contributed by atoms with Gasteiger partial charge < -0.3 is 0 Å². The fourth-order valence-corrected chi connectivity index (χ4v) is 10.6. The maximum absolute atomic E-state index is 5.42. The zero-order valence-electron chi connectivity index (χ0n) is 23.0. The quantitative estimate of drug-likeness (QED) is 0.185. The molecule has 5 heterocycles. The molecule has 0 fully saturated rings. The molecule has 0 saturated heterocycles. The Hall–Kier alpha value is -4.75. The summed E-state index contributed by atoms with van der Waals surface area (Å²) in [5, 5.41) is 8.95. The monoisotopic (exact) mass is 613 g/mol. The fourth-order valence-electron chi connectivity index (χ4n) is 7.22. The van der Waals surface area contributed by atoms with Crippen LogP contribution in [0.25, 0.3) is 90.3 Å². The Morgan fingerprint density at radius 3 is 1.77 bits per heavy atom. The van der Waals surface area contributed by atoms with Gasteiger partial charge in [-0.25, -0.2) is 9.97 Å². The first-order valence-electron chi connectivity index (χ1n) is 14.6. The van der Waals surface area contributed by atoms with Crippen LogP contribution in [0, 0.1) is 0 Å². The Balaban J connectivity index is 1.38. The summed E-state index contributed by atoms with van der Waals surface area (Å²) in [4.78, 5) is 13.2. The number of hydrogen-bond acceptors (Lipinski definition) is 5. The van der Waals surface area contributed by atoms with Gasteiger partial charge in [-0.15, -0.1) is 22.7 Å². The molecule has 44 heavy (non-hydrogen) atoms. The van der Waals surface area contributed by atoms with Gasteiger partial charge in [0.2, 0.25) is 5.95 Å². The van der Waals surface area contributed by atoms with Crippen LogP contribution in [-0.4, -0.2) is 14.5 Å². The Morgan fingerprint density at radius 1 is 0.455 bits per heavy atom. The number of rotatable bonds is 1. The number of aromatic nitrogens is 3. The number of fused-ring (bicyclic) bond motifs is 13. The summed E-state index contributed by atoms with van der Waals surface area (Å²) in [6, 6.07) is 41.8. The highest BCUT2D eigenvalue weighted by atomic mass is 32.2. The highest BCUT2D eigenvalue weighted by Crippen LogP contribution is 2.50. The van der Waals surface area contributed by atoms with Gasteiger partial charge in [-0.1, -0.05) is 72.4 Å². The summed E-state index contributed by atoms with van der Waals surface area (Å²) < 4.78 is 7.55. The second-order valence-corrected chi connectivity index (χ2v) is 14.6. The van der Waals surface area contributed by atoms with Crippen LogP contribution in [-0.2, 0) is 0 Å². The zero-order valence-corrected chi connectivity index (χ0v) is 25.5. The second kappa shape index (κ2) is 8.45. The van der Waals surface area contributed by atoms with Crippen LogP contribution in [0.1, 0.15) is 0 Å². The van der Waals surface area contributed by atoms with E-state index in [2.05, 4.69) is 120 Å². The van der Waals surface area contributed by atoms with Crippen molar-refractivity contribution >= 4 is 107 Å². The van der Waals surface area contributed by atoms with Gasteiger partial charge in [0.1, 0.15) is 0 Å². The minimum Gasteiger partial charge on any atom is -0.278 e. The molecule has 6 heteroatoms.